The van der Waals surface area contributed by atoms with Crippen LogP contribution in [0.4, 0.5) is 9.52 Å². The van der Waals surface area contributed by atoms with Crippen molar-refractivity contribution in [3.63, 3.8) is 0 Å². The predicted octanol–water partition coefficient (Wildman–Crippen LogP) is 3.84. The average molecular weight is 308 g/mol. The van der Waals surface area contributed by atoms with E-state index >= 15 is 0 Å². The third-order valence-electron chi connectivity index (χ3n) is 2.91. The molecule has 1 aromatic carbocycles. The fraction of sp³-hybridized carbons (Fsp3) is 0.333. The van der Waals surface area contributed by atoms with Gasteiger partial charge in [0.2, 0.25) is 0 Å². The maximum absolute atomic E-state index is 13.8. The molecule has 0 spiro atoms. The summed E-state index contributed by atoms with van der Waals surface area (Å²) in [4.78, 5) is 16.4. The van der Waals surface area contributed by atoms with Crippen molar-refractivity contribution in [2.45, 2.75) is 26.2 Å². The maximum atomic E-state index is 13.8. The second kappa shape index (κ2) is 5.81. The number of nitrogens with one attached hydrogen (secondary N) is 1. The highest BCUT2D eigenvalue weighted by atomic mass is 32.1. The zero-order valence-electron chi connectivity index (χ0n) is 12.4. The number of nitrogens with zero attached hydrogens (tertiary/aromatic N) is 1. The summed E-state index contributed by atoms with van der Waals surface area (Å²) in [6, 6.07) is 4.11. The number of hydrogen-bond donors (Lipinski definition) is 1. The molecule has 21 heavy (non-hydrogen) atoms. The highest BCUT2D eigenvalue weighted by molar-refractivity contribution is 7.14. The highest BCUT2D eigenvalue weighted by Gasteiger charge is 2.19. The Morgan fingerprint density at radius 3 is 2.62 bits per heavy atom. The van der Waals surface area contributed by atoms with Crippen molar-refractivity contribution in [2.75, 3.05) is 12.4 Å². The van der Waals surface area contributed by atoms with E-state index in [1.54, 1.807) is 6.07 Å². The standard InChI is InChI=1S/C15H17FN2O2S/c1-15(2,3)12-8-21-14(17-12)18-13(19)10-6-5-9(20-4)7-11(10)16/h5-8H,1-4H3,(H,17,18,19). The number of benzene rings is 1. The summed E-state index contributed by atoms with van der Waals surface area (Å²) in [6.07, 6.45) is 0. The molecule has 6 heteroatoms. The minimum absolute atomic E-state index is 0.0386. The van der Waals surface area contributed by atoms with Crippen LogP contribution >= 0.6 is 11.3 Å². The lowest BCUT2D eigenvalue weighted by Gasteiger charge is -2.14. The van der Waals surface area contributed by atoms with Crippen molar-refractivity contribution in [3.05, 3.63) is 40.7 Å². The van der Waals surface area contributed by atoms with Gasteiger partial charge in [-0.15, -0.1) is 11.3 Å². The monoisotopic (exact) mass is 308 g/mol. The van der Waals surface area contributed by atoms with Crippen molar-refractivity contribution >= 4 is 22.4 Å². The van der Waals surface area contributed by atoms with Gasteiger partial charge in [-0.3, -0.25) is 10.1 Å². The molecular weight excluding hydrogens is 291 g/mol. The molecule has 1 heterocycles. The lowest BCUT2D eigenvalue weighted by molar-refractivity contribution is 0.102. The number of carbonyl (C=O) groups excluding carboxylic acids is 1. The van der Waals surface area contributed by atoms with Gasteiger partial charge in [0, 0.05) is 16.9 Å². The lowest BCUT2D eigenvalue weighted by Crippen LogP contribution is -2.15. The number of aromatic nitrogens is 1. The van der Waals surface area contributed by atoms with Crippen LogP contribution in [0.3, 0.4) is 0 Å². The van der Waals surface area contributed by atoms with Crippen molar-refractivity contribution in [3.8, 4) is 5.75 Å². The summed E-state index contributed by atoms with van der Waals surface area (Å²) in [5.74, 6) is -0.780. The number of amides is 1. The van der Waals surface area contributed by atoms with Crippen LogP contribution in [0.1, 0.15) is 36.8 Å². The lowest BCUT2D eigenvalue weighted by atomic mass is 9.93. The molecule has 1 aromatic heterocycles. The summed E-state index contributed by atoms with van der Waals surface area (Å²) in [7, 11) is 1.44. The van der Waals surface area contributed by atoms with Gasteiger partial charge < -0.3 is 4.74 Å². The van der Waals surface area contributed by atoms with Crippen LogP contribution in [0.15, 0.2) is 23.6 Å². The first kappa shape index (κ1) is 15.4. The molecule has 2 aromatic rings. The van der Waals surface area contributed by atoms with Gasteiger partial charge >= 0.3 is 0 Å². The van der Waals surface area contributed by atoms with E-state index in [0.29, 0.717) is 10.9 Å². The first-order chi connectivity index (χ1) is 9.81. The van der Waals surface area contributed by atoms with Gasteiger partial charge in [-0.25, -0.2) is 9.37 Å². The molecular formula is C15H17FN2O2S. The van der Waals surface area contributed by atoms with Crippen LogP contribution in [-0.2, 0) is 5.41 Å². The van der Waals surface area contributed by atoms with E-state index in [1.165, 1.54) is 30.6 Å². The van der Waals surface area contributed by atoms with Crippen molar-refractivity contribution in [2.24, 2.45) is 0 Å². The van der Waals surface area contributed by atoms with Gasteiger partial charge in [0.25, 0.3) is 5.91 Å². The highest BCUT2D eigenvalue weighted by Crippen LogP contribution is 2.27. The normalized spacial score (nSPS) is 11.3. The Morgan fingerprint density at radius 1 is 1.38 bits per heavy atom. The van der Waals surface area contributed by atoms with Gasteiger partial charge in [-0.1, -0.05) is 20.8 Å². The molecule has 0 saturated carbocycles. The number of thiazole rings is 1. The molecule has 0 aliphatic rings. The minimum atomic E-state index is -0.626. The summed E-state index contributed by atoms with van der Waals surface area (Å²) in [6.45, 7) is 6.12. The summed E-state index contributed by atoms with van der Waals surface area (Å²) < 4.78 is 18.7. The number of ether oxygens (including phenoxy) is 1. The van der Waals surface area contributed by atoms with E-state index < -0.39 is 11.7 Å². The Morgan fingerprint density at radius 2 is 2.10 bits per heavy atom. The van der Waals surface area contributed by atoms with E-state index in [9.17, 15) is 9.18 Å². The molecule has 4 nitrogen and oxygen atoms in total. The molecule has 0 fully saturated rings. The van der Waals surface area contributed by atoms with Crippen LogP contribution in [-0.4, -0.2) is 18.0 Å². The number of methoxy groups -OCH3 is 1. The summed E-state index contributed by atoms with van der Waals surface area (Å²) >= 11 is 1.32. The Balaban J connectivity index is 2.16. The van der Waals surface area contributed by atoms with E-state index in [2.05, 4.69) is 10.3 Å². The van der Waals surface area contributed by atoms with E-state index in [4.69, 9.17) is 4.74 Å². The minimum Gasteiger partial charge on any atom is -0.497 e. The molecule has 0 radical (unpaired) electrons. The SMILES string of the molecule is COc1ccc(C(=O)Nc2nc(C(C)(C)C)cs2)c(F)c1. The van der Waals surface area contributed by atoms with Crippen LogP contribution in [0.2, 0.25) is 0 Å². The summed E-state index contributed by atoms with van der Waals surface area (Å²) in [5, 5.41) is 4.96. The molecule has 2 rings (SSSR count). The predicted molar refractivity (Wildman–Crippen MR) is 81.7 cm³/mol. The fourth-order valence-electron chi connectivity index (χ4n) is 1.65. The number of halogens is 1. The number of anilines is 1. The van der Waals surface area contributed by atoms with Crippen molar-refractivity contribution < 1.29 is 13.9 Å². The molecule has 1 amide bonds. The topological polar surface area (TPSA) is 51.2 Å². The molecule has 112 valence electrons. The number of rotatable bonds is 3. The van der Waals surface area contributed by atoms with Crippen molar-refractivity contribution in [1.82, 2.24) is 4.98 Å². The first-order valence-corrected chi connectivity index (χ1v) is 7.30. The molecule has 0 bridgehead atoms. The Kier molecular flexibility index (Phi) is 4.27. The third kappa shape index (κ3) is 3.58. The second-order valence-electron chi connectivity index (χ2n) is 5.59. The van der Waals surface area contributed by atoms with E-state index in [1.807, 2.05) is 26.2 Å². The number of hydrogen-bond acceptors (Lipinski definition) is 4. The van der Waals surface area contributed by atoms with E-state index in [0.717, 1.165) is 5.69 Å². The average Bonchev–Trinajstić information content (AvgIpc) is 2.86. The molecule has 0 unspecified atom stereocenters. The maximum Gasteiger partial charge on any atom is 0.260 e. The molecule has 1 N–H and O–H groups in total. The quantitative estimate of drug-likeness (QED) is 0.937. The largest absolute Gasteiger partial charge is 0.497 e. The van der Waals surface area contributed by atoms with Crippen LogP contribution in [0, 0.1) is 5.82 Å². The Hall–Kier alpha value is -1.95. The van der Waals surface area contributed by atoms with Gasteiger partial charge in [0.1, 0.15) is 11.6 Å². The number of carbonyl (C=O) groups is 1. The molecule has 0 atom stereocenters. The van der Waals surface area contributed by atoms with Gasteiger partial charge in [-0.2, -0.15) is 0 Å². The molecule has 0 saturated heterocycles. The van der Waals surface area contributed by atoms with Gasteiger partial charge in [-0.05, 0) is 12.1 Å². The second-order valence-corrected chi connectivity index (χ2v) is 6.45. The van der Waals surface area contributed by atoms with Gasteiger partial charge in [0.15, 0.2) is 5.13 Å². The van der Waals surface area contributed by atoms with Crippen LogP contribution < -0.4 is 10.1 Å². The molecule has 0 aliphatic carbocycles. The zero-order valence-corrected chi connectivity index (χ0v) is 13.2. The molecule has 0 aliphatic heterocycles. The summed E-state index contributed by atoms with van der Waals surface area (Å²) in [5.41, 5.74) is 0.756. The Bertz CT molecular complexity index is 662. The van der Waals surface area contributed by atoms with Crippen LogP contribution in [0.25, 0.3) is 0 Å². The first-order valence-electron chi connectivity index (χ1n) is 6.42. The third-order valence-corrected chi connectivity index (χ3v) is 3.67. The van der Waals surface area contributed by atoms with Crippen molar-refractivity contribution in [1.29, 1.82) is 0 Å². The smallest absolute Gasteiger partial charge is 0.260 e. The van der Waals surface area contributed by atoms with E-state index in [-0.39, 0.29) is 11.0 Å². The fourth-order valence-corrected chi connectivity index (χ4v) is 2.58. The van der Waals surface area contributed by atoms with Gasteiger partial charge in [0.05, 0.1) is 18.4 Å². The van der Waals surface area contributed by atoms with Crippen LogP contribution in [0.5, 0.6) is 5.75 Å². The zero-order chi connectivity index (χ0) is 15.6. The Labute approximate surface area is 127 Å².